The summed E-state index contributed by atoms with van der Waals surface area (Å²) in [6.07, 6.45) is 4.47. The average Bonchev–Trinajstić information content (AvgIpc) is 2.78. The van der Waals surface area contributed by atoms with Gasteiger partial charge >= 0.3 is 0 Å². The zero-order chi connectivity index (χ0) is 11.5. The number of nitrogens with two attached hydrogens (primary N) is 1. The smallest absolute Gasteiger partial charge is 0.220 e. The number of hydrogen-bond acceptors (Lipinski definition) is 5. The second-order valence-corrected chi connectivity index (χ2v) is 3.23. The highest BCUT2D eigenvalue weighted by Gasteiger charge is 2.08. The Kier molecular flexibility index (Phi) is 2.69. The second-order valence-electron chi connectivity index (χ2n) is 2.83. The van der Waals surface area contributed by atoms with Crippen LogP contribution >= 0.6 is 11.6 Å². The maximum absolute atomic E-state index is 8.46. The van der Waals surface area contributed by atoms with Crippen molar-refractivity contribution in [2.75, 3.05) is 0 Å². The molecule has 0 atom stereocenters. The van der Waals surface area contributed by atoms with Gasteiger partial charge in [0.15, 0.2) is 0 Å². The fourth-order valence-corrected chi connectivity index (χ4v) is 1.30. The highest BCUT2D eigenvalue weighted by Crippen LogP contribution is 2.16. The molecule has 3 N–H and O–H groups in total. The van der Waals surface area contributed by atoms with Gasteiger partial charge in [0, 0.05) is 12.4 Å². The van der Waals surface area contributed by atoms with Crippen LogP contribution in [0, 0.1) is 0 Å². The zero-order valence-electron chi connectivity index (χ0n) is 7.95. The van der Waals surface area contributed by atoms with E-state index < -0.39 is 0 Å². The average molecular weight is 239 g/mol. The first-order chi connectivity index (χ1) is 7.72. The number of aromatic nitrogens is 4. The Balaban J connectivity index is 2.43. The van der Waals surface area contributed by atoms with Crippen molar-refractivity contribution in [1.82, 2.24) is 19.7 Å². The predicted molar refractivity (Wildman–Crippen MR) is 56.7 cm³/mol. The van der Waals surface area contributed by atoms with Crippen LogP contribution in [0.3, 0.4) is 0 Å². The summed E-state index contributed by atoms with van der Waals surface area (Å²) in [6.45, 7) is 0. The molecule has 2 aromatic rings. The topological polar surface area (TPSA) is 102 Å². The maximum Gasteiger partial charge on any atom is 0.220 e. The lowest BCUT2D eigenvalue weighted by atomic mass is 10.4. The molecule has 0 saturated carbocycles. The van der Waals surface area contributed by atoms with Crippen LogP contribution in [-0.4, -0.2) is 30.8 Å². The van der Waals surface area contributed by atoms with Crippen LogP contribution in [0.5, 0.6) is 0 Å². The molecule has 0 spiro atoms. The molecule has 0 radical (unpaired) electrons. The predicted octanol–water partition coefficient (Wildman–Crippen LogP) is 0.410. The molecule has 0 aliphatic carbocycles. The van der Waals surface area contributed by atoms with Crippen molar-refractivity contribution in [2.45, 2.75) is 0 Å². The molecule has 0 aliphatic rings. The van der Waals surface area contributed by atoms with Crippen molar-refractivity contribution in [3.63, 3.8) is 0 Å². The number of amidine groups is 1. The van der Waals surface area contributed by atoms with Crippen molar-refractivity contribution in [3.05, 3.63) is 35.6 Å². The summed E-state index contributed by atoms with van der Waals surface area (Å²) >= 11 is 5.92. The monoisotopic (exact) mass is 238 g/mol. The van der Waals surface area contributed by atoms with Gasteiger partial charge in [-0.25, -0.2) is 9.67 Å². The van der Waals surface area contributed by atoms with E-state index >= 15 is 0 Å². The summed E-state index contributed by atoms with van der Waals surface area (Å²) in [6, 6.07) is 1.67. The Labute approximate surface area is 95.2 Å². The lowest BCUT2D eigenvalue weighted by Gasteiger charge is -2.00. The number of halogens is 1. The van der Waals surface area contributed by atoms with Crippen molar-refractivity contribution < 1.29 is 5.21 Å². The molecule has 2 aromatic heterocycles. The van der Waals surface area contributed by atoms with Crippen LogP contribution in [0.4, 0.5) is 0 Å². The molecule has 2 heterocycles. The number of hydrogen-bond donors (Lipinski definition) is 2. The van der Waals surface area contributed by atoms with E-state index in [2.05, 4.69) is 20.2 Å². The molecule has 0 amide bonds. The van der Waals surface area contributed by atoms with Gasteiger partial charge in [-0.2, -0.15) is 0 Å². The summed E-state index contributed by atoms with van der Waals surface area (Å²) in [4.78, 5) is 7.71. The molecule has 0 unspecified atom stereocenters. The molecule has 0 fully saturated rings. The SMILES string of the molecule is NC(=NO)c1ncn(-c2ccncc2Cl)n1. The van der Waals surface area contributed by atoms with E-state index in [0.717, 1.165) is 0 Å². The minimum Gasteiger partial charge on any atom is -0.409 e. The number of oxime groups is 1. The van der Waals surface area contributed by atoms with Crippen LogP contribution in [0.15, 0.2) is 29.9 Å². The van der Waals surface area contributed by atoms with Gasteiger partial charge < -0.3 is 10.9 Å². The van der Waals surface area contributed by atoms with E-state index in [1.807, 2.05) is 0 Å². The Morgan fingerprint density at radius 3 is 3.06 bits per heavy atom. The normalized spacial score (nSPS) is 11.7. The third kappa shape index (κ3) is 1.80. The van der Waals surface area contributed by atoms with E-state index in [1.165, 1.54) is 17.2 Å². The van der Waals surface area contributed by atoms with Gasteiger partial charge in [0.1, 0.15) is 6.33 Å². The standard InChI is InChI=1S/C8H7ClN6O/c9-5-3-11-2-1-6(5)15-4-12-8(13-15)7(10)14-16/h1-4,16H,(H2,10,14). The van der Waals surface area contributed by atoms with E-state index in [-0.39, 0.29) is 11.7 Å². The summed E-state index contributed by atoms with van der Waals surface area (Å²) in [5, 5.41) is 15.7. The van der Waals surface area contributed by atoms with E-state index in [9.17, 15) is 0 Å². The Hall–Kier alpha value is -2.15. The van der Waals surface area contributed by atoms with Crippen LogP contribution in [0.1, 0.15) is 5.82 Å². The molecular weight excluding hydrogens is 232 g/mol. The fraction of sp³-hybridized carbons (Fsp3) is 0. The number of rotatable bonds is 2. The van der Waals surface area contributed by atoms with Crippen LogP contribution < -0.4 is 5.73 Å². The molecule has 7 nitrogen and oxygen atoms in total. The van der Waals surface area contributed by atoms with Crippen LogP contribution in [-0.2, 0) is 0 Å². The molecular formula is C8H7ClN6O. The Morgan fingerprint density at radius 2 is 2.38 bits per heavy atom. The summed E-state index contributed by atoms with van der Waals surface area (Å²) < 4.78 is 1.41. The number of pyridine rings is 1. The molecule has 8 heteroatoms. The third-order valence-corrected chi connectivity index (χ3v) is 2.12. The fourth-order valence-electron chi connectivity index (χ4n) is 1.09. The highest BCUT2D eigenvalue weighted by molar-refractivity contribution is 6.32. The van der Waals surface area contributed by atoms with Gasteiger partial charge in [-0.05, 0) is 6.07 Å². The molecule has 0 bridgehead atoms. The van der Waals surface area contributed by atoms with Crippen molar-refractivity contribution in [1.29, 1.82) is 0 Å². The van der Waals surface area contributed by atoms with E-state index in [0.29, 0.717) is 10.7 Å². The quantitative estimate of drug-likeness (QED) is 0.341. The minimum absolute atomic E-state index is 0.121. The summed E-state index contributed by atoms with van der Waals surface area (Å²) in [7, 11) is 0. The van der Waals surface area contributed by atoms with Gasteiger partial charge in [0.25, 0.3) is 0 Å². The third-order valence-electron chi connectivity index (χ3n) is 1.83. The summed E-state index contributed by atoms with van der Waals surface area (Å²) in [5.41, 5.74) is 5.95. The van der Waals surface area contributed by atoms with Crippen LogP contribution in [0.25, 0.3) is 5.69 Å². The molecule has 0 aromatic carbocycles. The van der Waals surface area contributed by atoms with Gasteiger partial charge in [-0.15, -0.1) is 5.10 Å². The Morgan fingerprint density at radius 1 is 1.56 bits per heavy atom. The van der Waals surface area contributed by atoms with Gasteiger partial charge in [0.2, 0.25) is 11.7 Å². The van der Waals surface area contributed by atoms with Gasteiger partial charge in [0.05, 0.1) is 10.7 Å². The zero-order valence-corrected chi connectivity index (χ0v) is 8.70. The van der Waals surface area contributed by atoms with Crippen molar-refractivity contribution >= 4 is 17.4 Å². The van der Waals surface area contributed by atoms with E-state index in [1.54, 1.807) is 12.3 Å². The van der Waals surface area contributed by atoms with Crippen molar-refractivity contribution in [2.24, 2.45) is 10.9 Å². The van der Waals surface area contributed by atoms with Gasteiger partial charge in [-0.3, -0.25) is 4.98 Å². The first kappa shape index (κ1) is 10.4. The molecule has 0 saturated heterocycles. The van der Waals surface area contributed by atoms with Crippen LogP contribution in [0.2, 0.25) is 5.02 Å². The summed E-state index contributed by atoms with van der Waals surface area (Å²) in [5.74, 6) is -0.0423. The van der Waals surface area contributed by atoms with Gasteiger partial charge in [-0.1, -0.05) is 16.8 Å². The first-order valence-corrected chi connectivity index (χ1v) is 4.59. The molecule has 16 heavy (non-hydrogen) atoms. The van der Waals surface area contributed by atoms with Crippen molar-refractivity contribution in [3.8, 4) is 5.69 Å². The highest BCUT2D eigenvalue weighted by atomic mass is 35.5. The van der Waals surface area contributed by atoms with E-state index in [4.69, 9.17) is 22.5 Å². The Bertz CT molecular complexity index is 537. The number of nitrogens with zero attached hydrogens (tertiary/aromatic N) is 5. The minimum atomic E-state index is -0.163. The first-order valence-electron chi connectivity index (χ1n) is 4.22. The maximum atomic E-state index is 8.46. The lowest BCUT2D eigenvalue weighted by molar-refractivity contribution is 0.318. The lowest BCUT2D eigenvalue weighted by Crippen LogP contribution is -2.15. The molecule has 0 aliphatic heterocycles. The largest absolute Gasteiger partial charge is 0.409 e. The second kappa shape index (κ2) is 4.15. The molecule has 2 rings (SSSR count). The molecule has 82 valence electrons.